The maximum absolute atomic E-state index is 13.7. The summed E-state index contributed by atoms with van der Waals surface area (Å²) in [6.07, 6.45) is 7.05. The third-order valence-corrected chi connectivity index (χ3v) is 5.30. The summed E-state index contributed by atoms with van der Waals surface area (Å²) < 4.78 is 19.6. The van der Waals surface area contributed by atoms with E-state index in [1.54, 1.807) is 6.07 Å². The van der Waals surface area contributed by atoms with E-state index in [9.17, 15) is 4.39 Å². The van der Waals surface area contributed by atoms with Gasteiger partial charge >= 0.3 is 0 Å². The number of halogens is 1. The molecule has 0 spiro atoms. The van der Waals surface area contributed by atoms with E-state index in [0.717, 1.165) is 30.4 Å². The minimum Gasteiger partial charge on any atom is -0.493 e. The molecule has 4 atom stereocenters. The van der Waals surface area contributed by atoms with Crippen LogP contribution in [0.25, 0.3) is 0 Å². The monoisotopic (exact) mass is 291 g/mol. The Kier molecular flexibility index (Phi) is 4.48. The van der Waals surface area contributed by atoms with Crippen LogP contribution in [0.15, 0.2) is 18.2 Å². The lowest BCUT2D eigenvalue weighted by Gasteiger charge is -2.22. The van der Waals surface area contributed by atoms with Crippen LogP contribution in [0.3, 0.4) is 0 Å². The van der Waals surface area contributed by atoms with Gasteiger partial charge in [0.1, 0.15) is 11.6 Å². The van der Waals surface area contributed by atoms with E-state index in [-0.39, 0.29) is 11.9 Å². The van der Waals surface area contributed by atoms with Crippen LogP contribution >= 0.6 is 0 Å². The van der Waals surface area contributed by atoms with Crippen molar-refractivity contribution in [2.75, 3.05) is 6.61 Å². The molecule has 0 heterocycles. The molecule has 0 radical (unpaired) electrons. The van der Waals surface area contributed by atoms with Gasteiger partial charge in [-0.3, -0.25) is 0 Å². The predicted molar refractivity (Wildman–Crippen MR) is 82.8 cm³/mol. The van der Waals surface area contributed by atoms with E-state index < -0.39 is 0 Å². The second kappa shape index (κ2) is 6.35. The fourth-order valence-corrected chi connectivity index (χ4v) is 4.05. The van der Waals surface area contributed by atoms with Crippen molar-refractivity contribution in [1.29, 1.82) is 0 Å². The fraction of sp³-hybridized carbons (Fsp3) is 0.667. The van der Waals surface area contributed by atoms with Crippen molar-refractivity contribution in [3.8, 4) is 5.75 Å². The Labute approximate surface area is 126 Å². The molecule has 2 aliphatic rings. The van der Waals surface area contributed by atoms with Crippen molar-refractivity contribution >= 4 is 0 Å². The molecular weight excluding hydrogens is 265 g/mol. The van der Waals surface area contributed by atoms with Gasteiger partial charge in [0.15, 0.2) is 0 Å². The van der Waals surface area contributed by atoms with Crippen molar-refractivity contribution in [2.45, 2.75) is 51.5 Å². The molecule has 2 bridgehead atoms. The Balaban J connectivity index is 1.59. The van der Waals surface area contributed by atoms with Gasteiger partial charge in [-0.2, -0.15) is 0 Å². The first-order valence-electron chi connectivity index (χ1n) is 8.32. The Morgan fingerprint density at radius 3 is 2.81 bits per heavy atom. The highest BCUT2D eigenvalue weighted by Crippen LogP contribution is 2.48. The molecule has 0 amide bonds. The molecule has 2 nitrogen and oxygen atoms in total. The van der Waals surface area contributed by atoms with Gasteiger partial charge in [0, 0.05) is 12.1 Å². The normalized spacial score (nSPS) is 28.8. The molecule has 3 heteroatoms. The van der Waals surface area contributed by atoms with Crippen LogP contribution in [0.5, 0.6) is 5.75 Å². The summed E-state index contributed by atoms with van der Waals surface area (Å²) in [4.78, 5) is 0. The second-order valence-electron chi connectivity index (χ2n) is 6.91. The minimum absolute atomic E-state index is 0.0882. The highest BCUT2D eigenvalue weighted by Gasteiger charge is 2.39. The average Bonchev–Trinajstić information content (AvgIpc) is 3.07. The highest BCUT2D eigenvalue weighted by molar-refractivity contribution is 5.30. The number of benzene rings is 1. The number of nitrogens with two attached hydrogens (primary N) is 1. The van der Waals surface area contributed by atoms with Gasteiger partial charge in [0.05, 0.1) is 6.61 Å². The molecule has 0 aliphatic heterocycles. The lowest BCUT2D eigenvalue weighted by atomic mass is 9.89. The highest BCUT2D eigenvalue weighted by atomic mass is 19.1. The number of ether oxygens (including phenoxy) is 1. The van der Waals surface area contributed by atoms with Crippen molar-refractivity contribution in [3.63, 3.8) is 0 Å². The summed E-state index contributed by atoms with van der Waals surface area (Å²) in [6, 6.07) is 5.10. The van der Waals surface area contributed by atoms with Crippen LogP contribution in [-0.4, -0.2) is 12.6 Å². The fourth-order valence-electron chi connectivity index (χ4n) is 4.05. The van der Waals surface area contributed by atoms with Crippen LogP contribution in [-0.2, 0) is 6.42 Å². The lowest BCUT2D eigenvalue weighted by molar-refractivity contribution is 0.194. The topological polar surface area (TPSA) is 35.2 Å². The maximum atomic E-state index is 13.7. The van der Waals surface area contributed by atoms with Gasteiger partial charge in [-0.25, -0.2) is 4.39 Å². The summed E-state index contributed by atoms with van der Waals surface area (Å²) in [6.45, 7) is 2.79. The number of fused-ring (bicyclic) bond motifs is 2. The molecule has 1 aromatic rings. The first-order valence-corrected chi connectivity index (χ1v) is 8.32. The number of rotatable bonds is 6. The summed E-state index contributed by atoms with van der Waals surface area (Å²) in [5.41, 5.74) is 6.89. The van der Waals surface area contributed by atoms with E-state index in [1.165, 1.54) is 31.7 Å². The Bertz CT molecular complexity index is 490. The zero-order valence-electron chi connectivity index (χ0n) is 12.9. The van der Waals surface area contributed by atoms with Gasteiger partial charge < -0.3 is 10.5 Å². The van der Waals surface area contributed by atoms with Crippen LogP contribution in [0.2, 0.25) is 0 Å². The van der Waals surface area contributed by atoms with Crippen molar-refractivity contribution in [2.24, 2.45) is 23.5 Å². The van der Waals surface area contributed by atoms with Crippen molar-refractivity contribution < 1.29 is 9.13 Å². The summed E-state index contributed by atoms with van der Waals surface area (Å²) in [5.74, 6) is 2.88. The van der Waals surface area contributed by atoms with E-state index in [2.05, 4.69) is 6.92 Å². The third-order valence-electron chi connectivity index (χ3n) is 5.30. The molecule has 116 valence electrons. The third kappa shape index (κ3) is 3.57. The first-order chi connectivity index (χ1) is 10.1. The Morgan fingerprint density at radius 2 is 2.14 bits per heavy atom. The van der Waals surface area contributed by atoms with Crippen LogP contribution in [0.4, 0.5) is 4.39 Å². The van der Waals surface area contributed by atoms with E-state index in [0.29, 0.717) is 18.1 Å². The van der Waals surface area contributed by atoms with Gasteiger partial charge in [0.25, 0.3) is 0 Å². The molecule has 2 N–H and O–H groups in total. The van der Waals surface area contributed by atoms with Crippen molar-refractivity contribution in [3.05, 3.63) is 29.6 Å². The zero-order valence-corrected chi connectivity index (χ0v) is 12.9. The summed E-state index contributed by atoms with van der Waals surface area (Å²) in [5, 5.41) is 0. The minimum atomic E-state index is -0.223. The summed E-state index contributed by atoms with van der Waals surface area (Å²) >= 11 is 0. The number of hydrogen-bond acceptors (Lipinski definition) is 2. The Hall–Kier alpha value is -1.09. The molecule has 21 heavy (non-hydrogen) atoms. The molecule has 2 aliphatic carbocycles. The Morgan fingerprint density at radius 1 is 1.29 bits per heavy atom. The van der Waals surface area contributed by atoms with Crippen LogP contribution < -0.4 is 10.5 Å². The molecule has 0 saturated heterocycles. The molecule has 1 aromatic carbocycles. The predicted octanol–water partition coefficient (Wildman–Crippen LogP) is 3.92. The first kappa shape index (κ1) is 14.8. The molecule has 2 fully saturated rings. The van der Waals surface area contributed by atoms with E-state index in [1.807, 2.05) is 6.07 Å². The summed E-state index contributed by atoms with van der Waals surface area (Å²) in [7, 11) is 0. The molecular formula is C18H26FNO. The standard InChI is InChI=1S/C18H26FNO/c1-2-17(20)8-13-7-16(19)10-18(9-13)21-11-15-6-12-3-4-14(15)5-12/h7,9-10,12,14-15,17H,2-6,8,11,20H2,1H3. The SMILES string of the molecule is CCC(N)Cc1cc(F)cc(OCC2CC3CCC2C3)c1. The van der Waals surface area contributed by atoms with E-state index in [4.69, 9.17) is 10.5 Å². The van der Waals surface area contributed by atoms with Gasteiger partial charge in [-0.05, 0) is 67.6 Å². The van der Waals surface area contributed by atoms with Crippen LogP contribution in [0.1, 0.15) is 44.6 Å². The van der Waals surface area contributed by atoms with Crippen molar-refractivity contribution in [1.82, 2.24) is 0 Å². The second-order valence-corrected chi connectivity index (χ2v) is 6.91. The van der Waals surface area contributed by atoms with E-state index >= 15 is 0 Å². The quantitative estimate of drug-likeness (QED) is 0.862. The van der Waals surface area contributed by atoms with Gasteiger partial charge in [-0.15, -0.1) is 0 Å². The molecule has 2 saturated carbocycles. The smallest absolute Gasteiger partial charge is 0.127 e. The molecule has 3 rings (SSSR count). The zero-order chi connectivity index (χ0) is 14.8. The lowest BCUT2D eigenvalue weighted by Crippen LogP contribution is -2.21. The van der Waals surface area contributed by atoms with Gasteiger partial charge in [-0.1, -0.05) is 13.3 Å². The van der Waals surface area contributed by atoms with Gasteiger partial charge in [0.2, 0.25) is 0 Å². The van der Waals surface area contributed by atoms with Crippen LogP contribution in [0, 0.1) is 23.6 Å². The molecule has 0 aromatic heterocycles. The molecule has 4 unspecified atom stereocenters. The maximum Gasteiger partial charge on any atom is 0.127 e. The largest absolute Gasteiger partial charge is 0.493 e. The number of hydrogen-bond donors (Lipinski definition) is 1. The average molecular weight is 291 g/mol.